The van der Waals surface area contributed by atoms with Crippen molar-refractivity contribution in [3.63, 3.8) is 0 Å². The van der Waals surface area contributed by atoms with Gasteiger partial charge < -0.3 is 4.74 Å². The Labute approximate surface area is 141 Å². The predicted molar refractivity (Wildman–Crippen MR) is 81.2 cm³/mol. The number of rotatable bonds is 5. The van der Waals surface area contributed by atoms with Crippen LogP contribution in [0, 0.1) is 0 Å². The van der Waals surface area contributed by atoms with Crippen molar-refractivity contribution in [1.29, 1.82) is 0 Å². The van der Waals surface area contributed by atoms with Crippen LogP contribution in [0.5, 0.6) is 5.75 Å². The van der Waals surface area contributed by atoms with Crippen LogP contribution in [-0.2, 0) is 0 Å². The lowest BCUT2D eigenvalue weighted by molar-refractivity contribution is -0.253. The first kappa shape index (κ1) is 18.4. The highest BCUT2D eigenvalue weighted by Crippen LogP contribution is 2.32. The summed E-state index contributed by atoms with van der Waals surface area (Å²) in [5, 5.41) is 0. The van der Waals surface area contributed by atoms with Crippen molar-refractivity contribution in [3.05, 3.63) is 64.1 Å². The number of benzene rings is 2. The Balaban J connectivity index is 2.23. The lowest BCUT2D eigenvalue weighted by Crippen LogP contribution is -2.33. The Morgan fingerprint density at radius 1 is 0.833 bits per heavy atom. The highest BCUT2D eigenvalue weighted by Gasteiger charge is 2.43. The van der Waals surface area contributed by atoms with Crippen LogP contribution < -0.4 is 4.74 Å². The van der Waals surface area contributed by atoms with Crippen molar-refractivity contribution < 1.29 is 31.1 Å². The molecule has 0 aliphatic carbocycles. The van der Waals surface area contributed by atoms with Crippen LogP contribution in [0.4, 0.5) is 26.3 Å². The van der Waals surface area contributed by atoms with Crippen LogP contribution in [-0.4, -0.2) is 12.5 Å². The van der Waals surface area contributed by atoms with E-state index in [0.717, 1.165) is 24.3 Å². The normalized spacial score (nSPS) is 13.0. The van der Waals surface area contributed by atoms with E-state index >= 15 is 0 Å². The van der Waals surface area contributed by atoms with Crippen LogP contribution in [0.1, 0.15) is 11.1 Å². The van der Waals surface area contributed by atoms with E-state index in [1.54, 1.807) is 0 Å². The maximum absolute atomic E-state index is 14.1. The van der Waals surface area contributed by atoms with Gasteiger partial charge in [-0.1, -0.05) is 28.1 Å². The second kappa shape index (κ2) is 7.29. The second-order valence-corrected chi connectivity index (χ2v) is 5.54. The third kappa shape index (κ3) is 4.31. The van der Waals surface area contributed by atoms with E-state index in [0.29, 0.717) is 4.47 Å². The number of hydrogen-bond acceptors (Lipinski definition) is 1. The summed E-state index contributed by atoms with van der Waals surface area (Å²) >= 11 is 3.16. The second-order valence-electron chi connectivity index (χ2n) is 4.62. The van der Waals surface area contributed by atoms with Crippen LogP contribution >= 0.6 is 15.9 Å². The van der Waals surface area contributed by atoms with Crippen molar-refractivity contribution in [2.45, 2.75) is 12.5 Å². The van der Waals surface area contributed by atoms with Crippen LogP contribution in [0.2, 0.25) is 0 Å². The van der Waals surface area contributed by atoms with Gasteiger partial charge in [-0.05, 0) is 36.4 Å². The molecule has 0 aromatic heterocycles. The third-order valence-corrected chi connectivity index (χ3v) is 3.43. The molecule has 2 rings (SSSR count). The van der Waals surface area contributed by atoms with Gasteiger partial charge in [0.1, 0.15) is 5.75 Å². The van der Waals surface area contributed by atoms with Gasteiger partial charge in [-0.2, -0.15) is 17.6 Å². The molecule has 0 aliphatic heterocycles. The van der Waals surface area contributed by atoms with E-state index in [-0.39, 0.29) is 11.1 Å². The molecule has 2 aromatic rings. The first-order valence-electron chi connectivity index (χ1n) is 6.47. The fraction of sp³-hybridized carbons (Fsp3) is 0.125. The summed E-state index contributed by atoms with van der Waals surface area (Å²) < 4.78 is 82.2. The molecule has 0 unspecified atom stereocenters. The molecule has 2 aromatic carbocycles. The molecule has 0 aliphatic rings. The zero-order valence-electron chi connectivity index (χ0n) is 11.8. The standard InChI is InChI=1S/C16H9BrF6O/c17-11-5-1-9(2-6-11)13(18)14(19)10-3-7-12(8-4-10)24-16(22,23)15(20)21/h1-8,15H/b14-13-. The molecular weight excluding hydrogens is 402 g/mol. The van der Waals surface area contributed by atoms with Gasteiger partial charge in [0.25, 0.3) is 0 Å². The van der Waals surface area contributed by atoms with Gasteiger partial charge in [0.05, 0.1) is 0 Å². The minimum absolute atomic E-state index is 0.0136. The highest BCUT2D eigenvalue weighted by atomic mass is 79.9. The first-order valence-corrected chi connectivity index (χ1v) is 7.26. The Kier molecular flexibility index (Phi) is 5.58. The molecule has 0 spiro atoms. The zero-order chi connectivity index (χ0) is 17.9. The predicted octanol–water partition coefficient (Wildman–Crippen LogP) is 6.45. The summed E-state index contributed by atoms with van der Waals surface area (Å²) in [6.07, 6.45) is -8.68. The van der Waals surface area contributed by atoms with Crippen molar-refractivity contribution in [2.24, 2.45) is 0 Å². The number of ether oxygens (including phenoxy) is 1. The zero-order valence-corrected chi connectivity index (χ0v) is 13.3. The van der Waals surface area contributed by atoms with Crippen molar-refractivity contribution in [2.75, 3.05) is 0 Å². The van der Waals surface area contributed by atoms with Gasteiger partial charge in [-0.3, -0.25) is 0 Å². The largest absolute Gasteiger partial charge is 0.461 e. The SMILES string of the molecule is F/C(=C(\F)c1ccc(OC(F)(F)C(F)F)cc1)c1ccc(Br)cc1. The molecule has 0 heterocycles. The Hall–Kier alpha value is -1.96. The lowest BCUT2D eigenvalue weighted by atomic mass is 10.1. The van der Waals surface area contributed by atoms with E-state index in [1.807, 2.05) is 0 Å². The number of halogens is 7. The van der Waals surface area contributed by atoms with Gasteiger partial charge in [-0.15, -0.1) is 0 Å². The molecule has 8 heteroatoms. The molecule has 0 fully saturated rings. The first-order chi connectivity index (χ1) is 11.2. The highest BCUT2D eigenvalue weighted by molar-refractivity contribution is 9.10. The van der Waals surface area contributed by atoms with E-state index in [9.17, 15) is 26.3 Å². The van der Waals surface area contributed by atoms with Gasteiger partial charge in [0, 0.05) is 15.6 Å². The smallest absolute Gasteiger partial charge is 0.428 e. The number of hydrogen-bond donors (Lipinski definition) is 0. The summed E-state index contributed by atoms with van der Waals surface area (Å²) in [6, 6.07) is 9.33. The minimum atomic E-state index is -4.67. The Morgan fingerprint density at radius 3 is 1.67 bits per heavy atom. The molecule has 0 bridgehead atoms. The molecule has 1 nitrogen and oxygen atoms in total. The van der Waals surface area contributed by atoms with E-state index in [1.165, 1.54) is 24.3 Å². The third-order valence-electron chi connectivity index (χ3n) is 2.91. The van der Waals surface area contributed by atoms with Crippen LogP contribution in [0.15, 0.2) is 53.0 Å². The van der Waals surface area contributed by atoms with Crippen molar-refractivity contribution in [1.82, 2.24) is 0 Å². The summed E-state index contributed by atoms with van der Waals surface area (Å²) in [4.78, 5) is 0. The van der Waals surface area contributed by atoms with Gasteiger partial charge in [0.2, 0.25) is 0 Å². The Morgan fingerprint density at radius 2 is 1.25 bits per heavy atom. The summed E-state index contributed by atoms with van der Waals surface area (Å²) in [5.41, 5.74) is -0.261. The molecule has 128 valence electrons. The molecule has 0 N–H and O–H groups in total. The molecular formula is C16H9BrF6O. The maximum Gasteiger partial charge on any atom is 0.461 e. The lowest BCUT2D eigenvalue weighted by Gasteiger charge is -2.16. The monoisotopic (exact) mass is 410 g/mol. The molecule has 0 radical (unpaired) electrons. The van der Waals surface area contributed by atoms with Crippen molar-refractivity contribution in [3.8, 4) is 5.75 Å². The Bertz CT molecular complexity index is 725. The maximum atomic E-state index is 14.1. The van der Waals surface area contributed by atoms with Crippen LogP contribution in [0.3, 0.4) is 0 Å². The summed E-state index contributed by atoms with van der Waals surface area (Å²) in [5.74, 6) is -2.96. The fourth-order valence-electron chi connectivity index (χ4n) is 1.72. The average Bonchev–Trinajstić information content (AvgIpc) is 2.54. The fourth-order valence-corrected chi connectivity index (χ4v) is 1.98. The molecule has 24 heavy (non-hydrogen) atoms. The van der Waals surface area contributed by atoms with E-state index < -0.39 is 29.9 Å². The average molecular weight is 411 g/mol. The topological polar surface area (TPSA) is 9.23 Å². The molecule has 0 saturated heterocycles. The van der Waals surface area contributed by atoms with Crippen molar-refractivity contribution >= 4 is 27.6 Å². The minimum Gasteiger partial charge on any atom is -0.428 e. The van der Waals surface area contributed by atoms with Gasteiger partial charge in [0.15, 0.2) is 11.7 Å². The van der Waals surface area contributed by atoms with Gasteiger partial charge >= 0.3 is 12.5 Å². The number of alkyl halides is 4. The summed E-state index contributed by atoms with van der Waals surface area (Å²) in [7, 11) is 0. The molecule has 0 atom stereocenters. The molecule has 0 saturated carbocycles. The quantitative estimate of drug-likeness (QED) is 0.406. The van der Waals surface area contributed by atoms with E-state index in [4.69, 9.17) is 0 Å². The van der Waals surface area contributed by atoms with Gasteiger partial charge in [-0.25, -0.2) is 8.78 Å². The van der Waals surface area contributed by atoms with E-state index in [2.05, 4.69) is 20.7 Å². The summed E-state index contributed by atoms with van der Waals surface area (Å²) in [6.45, 7) is 0. The van der Waals surface area contributed by atoms with Crippen LogP contribution in [0.25, 0.3) is 11.7 Å². The molecule has 0 amide bonds.